The van der Waals surface area contributed by atoms with Gasteiger partial charge in [-0.15, -0.1) is 0 Å². The van der Waals surface area contributed by atoms with Gasteiger partial charge in [-0.25, -0.2) is 0 Å². The zero-order chi connectivity index (χ0) is 12.3. The number of carbonyl (C=O) groups excluding carboxylic acids is 1. The maximum absolute atomic E-state index is 11.9. The largest absolute Gasteiger partial charge is 0.481 e. The standard InChI is InChI=1S/C12H19NO4/c14-11-6-9(7-12(15)16)3-4-13(11)8-10-2-1-5-17-10/h9-10H,1-8H2,(H,15,16). The Morgan fingerprint density at radius 1 is 1.47 bits per heavy atom. The number of aliphatic carboxylic acids is 1. The van der Waals surface area contributed by atoms with E-state index in [0.29, 0.717) is 19.5 Å². The van der Waals surface area contributed by atoms with Crippen LogP contribution in [0.4, 0.5) is 0 Å². The molecule has 1 amide bonds. The Morgan fingerprint density at radius 2 is 2.29 bits per heavy atom. The fourth-order valence-electron chi connectivity index (χ4n) is 2.59. The minimum atomic E-state index is -0.810. The van der Waals surface area contributed by atoms with Crippen molar-refractivity contribution in [3.63, 3.8) is 0 Å². The van der Waals surface area contributed by atoms with Gasteiger partial charge in [0.25, 0.3) is 0 Å². The lowest BCUT2D eigenvalue weighted by Gasteiger charge is -2.32. The molecule has 0 aliphatic carbocycles. The monoisotopic (exact) mass is 241 g/mol. The van der Waals surface area contributed by atoms with Crippen molar-refractivity contribution in [2.75, 3.05) is 19.7 Å². The number of amides is 1. The summed E-state index contributed by atoms with van der Waals surface area (Å²) in [6.07, 6.45) is 3.58. The highest BCUT2D eigenvalue weighted by Crippen LogP contribution is 2.23. The van der Waals surface area contributed by atoms with E-state index in [2.05, 4.69) is 0 Å². The molecule has 2 rings (SSSR count). The lowest BCUT2D eigenvalue weighted by atomic mass is 9.93. The average molecular weight is 241 g/mol. The maximum Gasteiger partial charge on any atom is 0.303 e. The molecule has 0 radical (unpaired) electrons. The quantitative estimate of drug-likeness (QED) is 0.793. The Labute approximate surface area is 101 Å². The summed E-state index contributed by atoms with van der Waals surface area (Å²) in [7, 11) is 0. The highest BCUT2D eigenvalue weighted by atomic mass is 16.5. The zero-order valence-corrected chi connectivity index (χ0v) is 9.93. The summed E-state index contributed by atoms with van der Waals surface area (Å²) in [6, 6.07) is 0. The van der Waals surface area contributed by atoms with Gasteiger partial charge in [-0.3, -0.25) is 9.59 Å². The number of carboxylic acid groups (broad SMARTS) is 1. The van der Waals surface area contributed by atoms with Crippen LogP contribution in [-0.4, -0.2) is 47.7 Å². The highest BCUT2D eigenvalue weighted by molar-refractivity contribution is 5.78. The van der Waals surface area contributed by atoms with E-state index in [4.69, 9.17) is 9.84 Å². The third-order valence-corrected chi connectivity index (χ3v) is 3.53. The van der Waals surface area contributed by atoms with E-state index < -0.39 is 5.97 Å². The smallest absolute Gasteiger partial charge is 0.303 e. The van der Waals surface area contributed by atoms with E-state index in [-0.39, 0.29) is 24.3 Å². The second-order valence-electron chi connectivity index (χ2n) is 4.93. The van der Waals surface area contributed by atoms with E-state index >= 15 is 0 Å². The molecule has 2 aliphatic heterocycles. The van der Waals surface area contributed by atoms with Crippen LogP contribution in [0.15, 0.2) is 0 Å². The topological polar surface area (TPSA) is 66.8 Å². The van der Waals surface area contributed by atoms with Gasteiger partial charge in [0.2, 0.25) is 5.91 Å². The molecule has 0 aromatic rings. The van der Waals surface area contributed by atoms with Crippen LogP contribution >= 0.6 is 0 Å². The predicted octanol–water partition coefficient (Wildman–Crippen LogP) is 0.879. The number of hydrogen-bond donors (Lipinski definition) is 1. The summed E-state index contributed by atoms with van der Waals surface area (Å²) in [5.41, 5.74) is 0. The number of nitrogens with zero attached hydrogens (tertiary/aromatic N) is 1. The molecule has 2 saturated heterocycles. The molecular formula is C12H19NO4. The molecule has 1 N–H and O–H groups in total. The van der Waals surface area contributed by atoms with Gasteiger partial charge in [0.15, 0.2) is 0 Å². The Kier molecular flexibility index (Phi) is 3.99. The van der Waals surface area contributed by atoms with E-state index in [0.717, 1.165) is 25.9 Å². The minimum Gasteiger partial charge on any atom is -0.481 e. The number of carboxylic acids is 1. The molecular weight excluding hydrogens is 222 g/mol. The fraction of sp³-hybridized carbons (Fsp3) is 0.833. The van der Waals surface area contributed by atoms with E-state index in [1.807, 2.05) is 4.90 Å². The summed E-state index contributed by atoms with van der Waals surface area (Å²) in [4.78, 5) is 24.3. The van der Waals surface area contributed by atoms with Crippen molar-refractivity contribution in [2.24, 2.45) is 5.92 Å². The van der Waals surface area contributed by atoms with Gasteiger partial charge in [0, 0.05) is 32.5 Å². The van der Waals surface area contributed by atoms with Crippen LogP contribution in [-0.2, 0) is 14.3 Å². The van der Waals surface area contributed by atoms with Crippen LogP contribution in [0, 0.1) is 5.92 Å². The molecule has 2 heterocycles. The number of hydrogen-bond acceptors (Lipinski definition) is 3. The zero-order valence-electron chi connectivity index (χ0n) is 9.93. The highest BCUT2D eigenvalue weighted by Gasteiger charge is 2.29. The SMILES string of the molecule is O=C(O)CC1CCN(CC2CCCO2)C(=O)C1. The minimum absolute atomic E-state index is 0.0146. The van der Waals surface area contributed by atoms with Gasteiger partial charge >= 0.3 is 5.97 Å². The Balaban J connectivity index is 1.79. The van der Waals surface area contributed by atoms with E-state index in [9.17, 15) is 9.59 Å². The molecule has 0 spiro atoms. The Bertz CT molecular complexity index is 299. The van der Waals surface area contributed by atoms with Crippen LogP contribution in [0.2, 0.25) is 0 Å². The van der Waals surface area contributed by atoms with Crippen LogP contribution < -0.4 is 0 Å². The number of rotatable bonds is 4. The summed E-state index contributed by atoms with van der Waals surface area (Å²) in [5.74, 6) is -0.714. The molecule has 2 aliphatic rings. The van der Waals surface area contributed by atoms with Crippen molar-refractivity contribution in [3.05, 3.63) is 0 Å². The van der Waals surface area contributed by atoms with Crippen molar-refractivity contribution < 1.29 is 19.4 Å². The maximum atomic E-state index is 11.9. The molecule has 2 atom stereocenters. The normalized spacial score (nSPS) is 29.6. The number of ether oxygens (including phenoxy) is 1. The van der Waals surface area contributed by atoms with Crippen LogP contribution in [0.25, 0.3) is 0 Å². The molecule has 2 fully saturated rings. The van der Waals surface area contributed by atoms with Gasteiger partial charge in [-0.1, -0.05) is 0 Å². The van der Waals surface area contributed by atoms with E-state index in [1.165, 1.54) is 0 Å². The van der Waals surface area contributed by atoms with Crippen molar-refractivity contribution in [2.45, 2.75) is 38.2 Å². The van der Waals surface area contributed by atoms with Crippen LogP contribution in [0.1, 0.15) is 32.1 Å². The Morgan fingerprint density at radius 3 is 2.88 bits per heavy atom. The third kappa shape index (κ3) is 3.43. The van der Waals surface area contributed by atoms with Crippen molar-refractivity contribution in [3.8, 4) is 0 Å². The summed E-state index contributed by atoms with van der Waals surface area (Å²) in [5, 5.41) is 8.70. The first-order chi connectivity index (χ1) is 8.15. The lowest BCUT2D eigenvalue weighted by Crippen LogP contribution is -2.43. The first-order valence-electron chi connectivity index (χ1n) is 6.26. The second kappa shape index (κ2) is 5.49. The summed E-state index contributed by atoms with van der Waals surface area (Å²) >= 11 is 0. The number of carbonyl (C=O) groups is 2. The van der Waals surface area contributed by atoms with E-state index in [1.54, 1.807) is 0 Å². The molecule has 0 aromatic heterocycles. The molecule has 17 heavy (non-hydrogen) atoms. The summed E-state index contributed by atoms with van der Waals surface area (Å²) in [6.45, 7) is 2.16. The predicted molar refractivity (Wildman–Crippen MR) is 60.5 cm³/mol. The van der Waals surface area contributed by atoms with Crippen LogP contribution in [0.5, 0.6) is 0 Å². The lowest BCUT2D eigenvalue weighted by molar-refractivity contribution is -0.141. The third-order valence-electron chi connectivity index (χ3n) is 3.53. The van der Waals surface area contributed by atoms with Gasteiger partial charge in [0.05, 0.1) is 6.10 Å². The first-order valence-corrected chi connectivity index (χ1v) is 6.26. The fourth-order valence-corrected chi connectivity index (χ4v) is 2.59. The van der Waals surface area contributed by atoms with Gasteiger partial charge in [-0.2, -0.15) is 0 Å². The molecule has 0 aromatic carbocycles. The van der Waals surface area contributed by atoms with Gasteiger partial charge < -0.3 is 14.7 Å². The van der Waals surface area contributed by atoms with Crippen molar-refractivity contribution in [1.82, 2.24) is 4.90 Å². The average Bonchev–Trinajstić information content (AvgIpc) is 2.74. The molecule has 96 valence electrons. The number of piperidine rings is 1. The van der Waals surface area contributed by atoms with Gasteiger partial charge in [0.1, 0.15) is 0 Å². The Hall–Kier alpha value is -1.10. The first kappa shape index (κ1) is 12.4. The second-order valence-corrected chi connectivity index (χ2v) is 4.93. The van der Waals surface area contributed by atoms with Crippen molar-refractivity contribution in [1.29, 1.82) is 0 Å². The molecule has 0 saturated carbocycles. The van der Waals surface area contributed by atoms with Crippen molar-refractivity contribution >= 4 is 11.9 Å². The van der Waals surface area contributed by atoms with Crippen LogP contribution in [0.3, 0.4) is 0 Å². The van der Waals surface area contributed by atoms with Gasteiger partial charge in [-0.05, 0) is 25.2 Å². The molecule has 2 unspecified atom stereocenters. The summed E-state index contributed by atoms with van der Waals surface area (Å²) < 4.78 is 5.51. The molecule has 5 nitrogen and oxygen atoms in total. The molecule has 0 bridgehead atoms. The number of likely N-dealkylation sites (tertiary alicyclic amines) is 1. The molecule has 5 heteroatoms.